The SMILES string of the molecule is O=S(=O)(Cl)N1CC[C@@H]2CCCC[C@H]2C1. The summed E-state index contributed by atoms with van der Waals surface area (Å²) in [5.74, 6) is 1.31. The van der Waals surface area contributed by atoms with Crippen LogP contribution in [0.25, 0.3) is 0 Å². The number of hydrogen-bond donors (Lipinski definition) is 0. The van der Waals surface area contributed by atoms with Crippen molar-refractivity contribution in [2.24, 2.45) is 11.8 Å². The Kier molecular flexibility index (Phi) is 3.05. The molecule has 1 saturated heterocycles. The largest absolute Gasteiger partial charge is 0.299 e. The third-order valence-electron chi connectivity index (χ3n) is 3.56. The van der Waals surface area contributed by atoms with E-state index in [1.807, 2.05) is 0 Å². The molecule has 0 aromatic heterocycles. The number of rotatable bonds is 1. The molecule has 0 aromatic carbocycles. The van der Waals surface area contributed by atoms with E-state index in [1.54, 1.807) is 0 Å². The fraction of sp³-hybridized carbons (Fsp3) is 1.00. The second kappa shape index (κ2) is 3.99. The van der Waals surface area contributed by atoms with Crippen LogP contribution >= 0.6 is 10.7 Å². The second-order valence-electron chi connectivity index (χ2n) is 4.39. The minimum absolute atomic E-state index is 0.561. The molecular weight excluding hydrogens is 222 g/mol. The van der Waals surface area contributed by atoms with Gasteiger partial charge in [0.2, 0.25) is 0 Å². The van der Waals surface area contributed by atoms with Gasteiger partial charge in [-0.15, -0.1) is 0 Å². The Morgan fingerprint density at radius 3 is 2.36 bits per heavy atom. The molecule has 2 fully saturated rings. The molecule has 1 saturated carbocycles. The summed E-state index contributed by atoms with van der Waals surface area (Å²) >= 11 is 0. The van der Waals surface area contributed by atoms with E-state index in [0.717, 1.165) is 12.3 Å². The second-order valence-corrected chi connectivity index (χ2v) is 6.90. The quantitative estimate of drug-likeness (QED) is 0.654. The predicted molar refractivity (Wildman–Crippen MR) is 56.4 cm³/mol. The monoisotopic (exact) mass is 237 g/mol. The highest BCUT2D eigenvalue weighted by Crippen LogP contribution is 2.37. The van der Waals surface area contributed by atoms with E-state index in [4.69, 9.17) is 10.7 Å². The molecule has 2 rings (SSSR count). The molecule has 2 atom stereocenters. The fourth-order valence-corrected chi connectivity index (χ4v) is 3.83. The first-order valence-electron chi connectivity index (χ1n) is 5.27. The molecular formula is C9H16ClNO2S. The highest BCUT2D eigenvalue weighted by atomic mass is 35.7. The van der Waals surface area contributed by atoms with Crippen molar-refractivity contribution in [2.75, 3.05) is 13.1 Å². The average molecular weight is 238 g/mol. The summed E-state index contributed by atoms with van der Waals surface area (Å²) in [4.78, 5) is 0. The molecule has 0 unspecified atom stereocenters. The zero-order chi connectivity index (χ0) is 10.2. The minimum Gasteiger partial charge on any atom is -0.195 e. The summed E-state index contributed by atoms with van der Waals surface area (Å²) in [6.07, 6.45) is 6.01. The van der Waals surface area contributed by atoms with Gasteiger partial charge in [-0.2, -0.15) is 12.7 Å². The van der Waals surface area contributed by atoms with Crippen LogP contribution in [0.15, 0.2) is 0 Å². The summed E-state index contributed by atoms with van der Waals surface area (Å²) in [6.45, 7) is 1.27. The maximum atomic E-state index is 11.2. The third-order valence-corrected chi connectivity index (χ3v) is 5.10. The van der Waals surface area contributed by atoms with Crippen LogP contribution in [0.4, 0.5) is 0 Å². The van der Waals surface area contributed by atoms with E-state index in [1.165, 1.54) is 30.0 Å². The Labute approximate surface area is 90.0 Å². The van der Waals surface area contributed by atoms with Crippen molar-refractivity contribution in [3.05, 3.63) is 0 Å². The van der Waals surface area contributed by atoms with Gasteiger partial charge in [-0.25, -0.2) is 0 Å². The molecule has 1 aliphatic carbocycles. The van der Waals surface area contributed by atoms with Crippen molar-refractivity contribution in [1.82, 2.24) is 4.31 Å². The van der Waals surface area contributed by atoms with E-state index in [0.29, 0.717) is 19.0 Å². The smallest absolute Gasteiger partial charge is 0.195 e. The number of nitrogens with zero attached hydrogens (tertiary/aromatic N) is 1. The Morgan fingerprint density at radius 1 is 1.07 bits per heavy atom. The van der Waals surface area contributed by atoms with Gasteiger partial charge in [-0.1, -0.05) is 19.3 Å². The molecule has 0 radical (unpaired) electrons. The average Bonchev–Trinajstić information content (AvgIpc) is 2.16. The van der Waals surface area contributed by atoms with Crippen LogP contribution in [0.2, 0.25) is 0 Å². The lowest BCUT2D eigenvalue weighted by atomic mass is 9.76. The molecule has 0 aromatic rings. The van der Waals surface area contributed by atoms with Crippen molar-refractivity contribution in [3.63, 3.8) is 0 Å². The van der Waals surface area contributed by atoms with Gasteiger partial charge in [0.15, 0.2) is 0 Å². The standard InChI is InChI=1S/C9H16ClNO2S/c10-14(12,13)11-6-5-8-3-1-2-4-9(8)7-11/h8-9H,1-7H2/t8-,9-/m0/s1. The fourth-order valence-electron chi connectivity index (χ4n) is 2.77. The van der Waals surface area contributed by atoms with E-state index < -0.39 is 9.24 Å². The van der Waals surface area contributed by atoms with E-state index in [9.17, 15) is 8.42 Å². The van der Waals surface area contributed by atoms with Crippen LogP contribution in [0, 0.1) is 11.8 Å². The van der Waals surface area contributed by atoms with Gasteiger partial charge in [0.05, 0.1) is 0 Å². The first-order chi connectivity index (χ1) is 6.57. The minimum atomic E-state index is -3.47. The summed E-state index contributed by atoms with van der Waals surface area (Å²) in [7, 11) is 1.87. The Morgan fingerprint density at radius 2 is 1.71 bits per heavy atom. The highest BCUT2D eigenvalue weighted by molar-refractivity contribution is 8.11. The lowest BCUT2D eigenvalue weighted by Crippen LogP contribution is -2.43. The van der Waals surface area contributed by atoms with Crippen LogP contribution in [0.3, 0.4) is 0 Å². The highest BCUT2D eigenvalue weighted by Gasteiger charge is 2.34. The summed E-state index contributed by atoms with van der Waals surface area (Å²) < 4.78 is 23.7. The number of halogens is 1. The summed E-state index contributed by atoms with van der Waals surface area (Å²) in [6, 6.07) is 0. The summed E-state index contributed by atoms with van der Waals surface area (Å²) in [5, 5.41) is 0. The maximum absolute atomic E-state index is 11.2. The zero-order valence-electron chi connectivity index (χ0n) is 8.15. The van der Waals surface area contributed by atoms with Crippen LogP contribution in [-0.4, -0.2) is 25.8 Å². The molecule has 5 heteroatoms. The molecule has 1 aliphatic heterocycles. The van der Waals surface area contributed by atoms with Gasteiger partial charge in [-0.3, -0.25) is 0 Å². The van der Waals surface area contributed by atoms with E-state index >= 15 is 0 Å². The normalized spacial score (nSPS) is 35.2. The lowest BCUT2D eigenvalue weighted by molar-refractivity contribution is 0.138. The van der Waals surface area contributed by atoms with Gasteiger partial charge in [0.1, 0.15) is 0 Å². The number of hydrogen-bond acceptors (Lipinski definition) is 2. The first-order valence-corrected chi connectivity index (χ1v) is 7.54. The molecule has 3 nitrogen and oxygen atoms in total. The third kappa shape index (κ3) is 2.23. The molecule has 1 heterocycles. The van der Waals surface area contributed by atoms with Gasteiger partial charge in [-0.05, 0) is 24.7 Å². The Bertz CT molecular complexity index is 304. The van der Waals surface area contributed by atoms with Crippen molar-refractivity contribution < 1.29 is 8.42 Å². The lowest BCUT2D eigenvalue weighted by Gasteiger charge is -2.39. The molecule has 0 spiro atoms. The van der Waals surface area contributed by atoms with Crippen LogP contribution in [-0.2, 0) is 9.24 Å². The van der Waals surface area contributed by atoms with Crippen molar-refractivity contribution in [2.45, 2.75) is 32.1 Å². The Balaban J connectivity index is 2.03. The van der Waals surface area contributed by atoms with Gasteiger partial charge in [0.25, 0.3) is 9.24 Å². The predicted octanol–water partition coefficient (Wildman–Crippen LogP) is 1.98. The molecule has 14 heavy (non-hydrogen) atoms. The summed E-state index contributed by atoms with van der Waals surface area (Å²) in [5.41, 5.74) is 0. The van der Waals surface area contributed by atoms with E-state index in [2.05, 4.69) is 0 Å². The topological polar surface area (TPSA) is 37.4 Å². The molecule has 0 N–H and O–H groups in total. The first kappa shape index (κ1) is 10.7. The maximum Gasteiger partial charge on any atom is 0.299 e. The van der Waals surface area contributed by atoms with Crippen LogP contribution in [0.1, 0.15) is 32.1 Å². The van der Waals surface area contributed by atoms with Crippen molar-refractivity contribution >= 4 is 19.9 Å². The zero-order valence-corrected chi connectivity index (χ0v) is 9.73. The van der Waals surface area contributed by atoms with Gasteiger partial charge in [0, 0.05) is 23.8 Å². The number of fused-ring (bicyclic) bond motifs is 1. The van der Waals surface area contributed by atoms with Crippen molar-refractivity contribution in [3.8, 4) is 0 Å². The van der Waals surface area contributed by atoms with Crippen LogP contribution in [0.5, 0.6) is 0 Å². The van der Waals surface area contributed by atoms with Gasteiger partial charge < -0.3 is 0 Å². The molecule has 2 aliphatic rings. The number of piperidine rings is 1. The van der Waals surface area contributed by atoms with Crippen molar-refractivity contribution in [1.29, 1.82) is 0 Å². The van der Waals surface area contributed by atoms with E-state index in [-0.39, 0.29) is 0 Å². The van der Waals surface area contributed by atoms with Crippen LogP contribution < -0.4 is 0 Å². The Hall–Kier alpha value is 0.200. The molecule has 82 valence electrons. The molecule has 0 amide bonds. The van der Waals surface area contributed by atoms with Gasteiger partial charge >= 0.3 is 0 Å². The molecule has 0 bridgehead atoms.